The lowest BCUT2D eigenvalue weighted by molar-refractivity contribution is -0.126. The lowest BCUT2D eigenvalue weighted by Crippen LogP contribution is -2.43. The minimum absolute atomic E-state index is 0.0629. The molecule has 2 aromatic heterocycles. The average Bonchev–Trinajstić information content (AvgIpc) is 3.21. The summed E-state index contributed by atoms with van der Waals surface area (Å²) in [4.78, 5) is 27.7. The van der Waals surface area contributed by atoms with Crippen LogP contribution in [0.15, 0.2) is 39.1 Å². The van der Waals surface area contributed by atoms with Crippen LogP contribution in [0.2, 0.25) is 0 Å². The Balaban J connectivity index is 1.38. The second kappa shape index (κ2) is 7.98. The van der Waals surface area contributed by atoms with Gasteiger partial charge in [-0.2, -0.15) is 0 Å². The molecule has 0 saturated heterocycles. The van der Waals surface area contributed by atoms with Crippen LogP contribution in [-0.2, 0) is 16.6 Å². The molecule has 0 unspecified atom stereocenters. The number of thioether (sulfide) groups is 2. The SMILES string of the molecule is Cn1nnnc1SCC(=O)NNC(=O)CSc1nc2ccccc2o1. The quantitative estimate of drug-likeness (QED) is 0.461. The van der Waals surface area contributed by atoms with Crippen LogP contribution in [0.4, 0.5) is 0 Å². The van der Waals surface area contributed by atoms with E-state index in [4.69, 9.17) is 4.42 Å². The first-order chi connectivity index (χ1) is 12.1. The number of fused-ring (bicyclic) bond motifs is 1. The topological polar surface area (TPSA) is 128 Å². The van der Waals surface area contributed by atoms with Gasteiger partial charge in [0.2, 0.25) is 17.0 Å². The second-order valence-electron chi connectivity index (χ2n) is 4.71. The Morgan fingerprint density at radius 2 is 1.88 bits per heavy atom. The summed E-state index contributed by atoms with van der Waals surface area (Å²) in [5.41, 5.74) is 6.05. The predicted molar refractivity (Wildman–Crippen MR) is 90.5 cm³/mol. The van der Waals surface area contributed by atoms with Gasteiger partial charge in [-0.1, -0.05) is 35.7 Å². The summed E-state index contributed by atoms with van der Waals surface area (Å²) < 4.78 is 6.95. The molecule has 3 aromatic rings. The number of benzene rings is 1. The average molecular weight is 379 g/mol. The highest BCUT2D eigenvalue weighted by molar-refractivity contribution is 8.00. The number of hydrogen-bond acceptors (Lipinski definition) is 9. The number of amides is 2. The molecule has 130 valence electrons. The van der Waals surface area contributed by atoms with Crippen LogP contribution in [0.25, 0.3) is 11.1 Å². The molecule has 0 radical (unpaired) electrons. The summed E-state index contributed by atoms with van der Waals surface area (Å²) in [5.74, 6) is -0.598. The first-order valence-electron chi connectivity index (χ1n) is 7.03. The first-order valence-corrected chi connectivity index (χ1v) is 9.00. The zero-order valence-corrected chi connectivity index (χ0v) is 14.6. The molecule has 0 aliphatic carbocycles. The molecule has 1 aromatic carbocycles. The number of para-hydroxylation sites is 2. The molecule has 3 rings (SSSR count). The van der Waals surface area contributed by atoms with E-state index in [1.54, 1.807) is 13.1 Å². The third-order valence-electron chi connectivity index (χ3n) is 2.86. The van der Waals surface area contributed by atoms with Crippen molar-refractivity contribution in [2.75, 3.05) is 11.5 Å². The number of aryl methyl sites for hydroxylation is 1. The van der Waals surface area contributed by atoms with Gasteiger partial charge in [-0.05, 0) is 22.6 Å². The van der Waals surface area contributed by atoms with Gasteiger partial charge < -0.3 is 4.42 Å². The van der Waals surface area contributed by atoms with E-state index in [0.717, 1.165) is 29.0 Å². The molecule has 0 bridgehead atoms. The number of oxazole rings is 1. The van der Waals surface area contributed by atoms with Crippen LogP contribution in [0.5, 0.6) is 0 Å². The number of nitrogens with one attached hydrogen (secondary N) is 2. The first kappa shape index (κ1) is 17.2. The fraction of sp³-hybridized carbons (Fsp3) is 0.231. The van der Waals surface area contributed by atoms with E-state index in [-0.39, 0.29) is 23.3 Å². The van der Waals surface area contributed by atoms with Gasteiger partial charge in [-0.3, -0.25) is 20.4 Å². The molecule has 10 nitrogen and oxygen atoms in total. The van der Waals surface area contributed by atoms with E-state index in [9.17, 15) is 9.59 Å². The number of tetrazole rings is 1. The Morgan fingerprint density at radius 3 is 2.56 bits per heavy atom. The van der Waals surface area contributed by atoms with Crippen molar-refractivity contribution >= 4 is 46.4 Å². The molecule has 0 spiro atoms. The summed E-state index contributed by atoms with van der Waals surface area (Å²) in [5, 5.41) is 11.8. The lowest BCUT2D eigenvalue weighted by Gasteiger charge is -2.05. The van der Waals surface area contributed by atoms with Crippen LogP contribution in [0.1, 0.15) is 0 Å². The van der Waals surface area contributed by atoms with Gasteiger partial charge in [-0.15, -0.1) is 5.10 Å². The molecule has 2 amide bonds. The molecule has 2 heterocycles. The Hall–Kier alpha value is -2.60. The standard InChI is InChI=1S/C13H13N7O3S2/c1-20-12(17-18-19-20)24-6-10(21)15-16-11(22)7-25-13-14-8-4-2-3-5-9(8)23-13/h2-5H,6-7H2,1H3,(H,15,21)(H,16,22). The fourth-order valence-electron chi connectivity index (χ4n) is 1.73. The summed E-state index contributed by atoms with van der Waals surface area (Å²) >= 11 is 2.30. The number of carbonyl (C=O) groups is 2. The summed E-state index contributed by atoms with van der Waals surface area (Å²) in [6.07, 6.45) is 0. The van der Waals surface area contributed by atoms with Crippen molar-refractivity contribution in [3.8, 4) is 0 Å². The maximum atomic E-state index is 11.8. The second-order valence-corrected chi connectivity index (χ2v) is 6.58. The number of carbonyl (C=O) groups excluding carboxylic acids is 2. The molecule has 0 aliphatic heterocycles. The minimum Gasteiger partial charge on any atom is -0.431 e. The highest BCUT2D eigenvalue weighted by Gasteiger charge is 2.11. The van der Waals surface area contributed by atoms with Gasteiger partial charge in [-0.25, -0.2) is 9.67 Å². The van der Waals surface area contributed by atoms with Crippen molar-refractivity contribution in [3.63, 3.8) is 0 Å². The van der Waals surface area contributed by atoms with Crippen LogP contribution >= 0.6 is 23.5 Å². The van der Waals surface area contributed by atoms with Gasteiger partial charge in [0, 0.05) is 7.05 Å². The molecule has 0 aliphatic rings. The van der Waals surface area contributed by atoms with Crippen molar-refractivity contribution < 1.29 is 14.0 Å². The van der Waals surface area contributed by atoms with Crippen molar-refractivity contribution in [1.29, 1.82) is 0 Å². The maximum Gasteiger partial charge on any atom is 0.257 e. The van der Waals surface area contributed by atoms with Crippen LogP contribution in [0, 0.1) is 0 Å². The molecule has 0 saturated carbocycles. The number of rotatable bonds is 6. The Morgan fingerprint density at radius 1 is 1.16 bits per heavy atom. The van der Waals surface area contributed by atoms with Gasteiger partial charge in [0.05, 0.1) is 11.5 Å². The highest BCUT2D eigenvalue weighted by atomic mass is 32.2. The van der Waals surface area contributed by atoms with E-state index < -0.39 is 0 Å². The van der Waals surface area contributed by atoms with E-state index in [1.807, 2.05) is 18.2 Å². The van der Waals surface area contributed by atoms with Crippen molar-refractivity contribution in [2.45, 2.75) is 10.4 Å². The smallest absolute Gasteiger partial charge is 0.257 e. The van der Waals surface area contributed by atoms with Crippen LogP contribution in [-0.4, -0.2) is 48.5 Å². The van der Waals surface area contributed by atoms with Crippen molar-refractivity contribution in [1.82, 2.24) is 36.0 Å². The summed E-state index contributed by atoms with van der Waals surface area (Å²) in [6, 6.07) is 7.33. The molecule has 12 heteroatoms. The third-order valence-corrected chi connectivity index (χ3v) is 4.69. The van der Waals surface area contributed by atoms with E-state index in [1.165, 1.54) is 4.68 Å². The maximum absolute atomic E-state index is 11.8. The van der Waals surface area contributed by atoms with E-state index in [2.05, 4.69) is 31.4 Å². The molecule has 0 fully saturated rings. The van der Waals surface area contributed by atoms with Gasteiger partial charge >= 0.3 is 0 Å². The van der Waals surface area contributed by atoms with Crippen LogP contribution in [0.3, 0.4) is 0 Å². The monoisotopic (exact) mass is 379 g/mol. The Bertz CT molecular complexity index is 862. The Labute approximate surface area is 150 Å². The molecular formula is C13H13N7O3S2. The lowest BCUT2D eigenvalue weighted by atomic mass is 10.3. The van der Waals surface area contributed by atoms with Crippen LogP contribution < -0.4 is 10.9 Å². The zero-order valence-electron chi connectivity index (χ0n) is 13.0. The van der Waals surface area contributed by atoms with E-state index >= 15 is 0 Å². The number of aromatic nitrogens is 5. The molecular weight excluding hydrogens is 366 g/mol. The third kappa shape index (κ3) is 4.70. The zero-order chi connectivity index (χ0) is 17.6. The highest BCUT2D eigenvalue weighted by Crippen LogP contribution is 2.22. The predicted octanol–water partition coefficient (Wildman–Crippen LogP) is 0.383. The van der Waals surface area contributed by atoms with Crippen molar-refractivity contribution in [2.24, 2.45) is 7.05 Å². The van der Waals surface area contributed by atoms with Gasteiger partial charge in [0.1, 0.15) is 5.52 Å². The van der Waals surface area contributed by atoms with Gasteiger partial charge in [0.25, 0.3) is 5.22 Å². The van der Waals surface area contributed by atoms with Crippen molar-refractivity contribution in [3.05, 3.63) is 24.3 Å². The molecule has 0 atom stereocenters. The largest absolute Gasteiger partial charge is 0.431 e. The fourth-order valence-corrected chi connectivity index (χ4v) is 3.01. The number of hydrogen-bond donors (Lipinski definition) is 2. The normalized spacial score (nSPS) is 10.8. The van der Waals surface area contributed by atoms with E-state index in [0.29, 0.717) is 16.0 Å². The summed E-state index contributed by atoms with van der Waals surface area (Å²) in [7, 11) is 1.67. The molecule has 25 heavy (non-hydrogen) atoms. The van der Waals surface area contributed by atoms with Gasteiger partial charge in [0.15, 0.2) is 5.58 Å². The summed E-state index contributed by atoms with van der Waals surface area (Å²) in [6.45, 7) is 0. The minimum atomic E-state index is -0.370. The number of nitrogens with zero attached hydrogens (tertiary/aromatic N) is 5. The Kier molecular flexibility index (Phi) is 5.50. The number of hydrazine groups is 1. The molecule has 2 N–H and O–H groups in total.